The molecule has 0 aliphatic carbocycles. The average molecular weight is 350 g/mol. The molecule has 132 valence electrons. The van der Waals surface area contributed by atoms with Crippen LogP contribution in [0, 0.1) is 34.4 Å². The van der Waals surface area contributed by atoms with Gasteiger partial charge in [0.25, 0.3) is 0 Å². The summed E-state index contributed by atoms with van der Waals surface area (Å²) in [5.41, 5.74) is 1.47. The van der Waals surface area contributed by atoms with Crippen LogP contribution in [0.5, 0.6) is 5.88 Å². The molecule has 0 amide bonds. The Kier molecular flexibility index (Phi) is 5.78. The van der Waals surface area contributed by atoms with Crippen LogP contribution in [0.1, 0.15) is 29.5 Å². The van der Waals surface area contributed by atoms with E-state index in [9.17, 15) is 4.39 Å². The summed E-state index contributed by atoms with van der Waals surface area (Å²) in [5.74, 6) is 0.456. The molecule has 0 bridgehead atoms. The highest BCUT2D eigenvalue weighted by Crippen LogP contribution is 2.21. The molecule has 1 unspecified atom stereocenters. The van der Waals surface area contributed by atoms with Crippen LogP contribution in [0.4, 0.5) is 4.39 Å². The highest BCUT2D eigenvalue weighted by atomic mass is 19.1. The van der Waals surface area contributed by atoms with Gasteiger partial charge in [0, 0.05) is 36.8 Å². The Labute approximate surface area is 152 Å². The summed E-state index contributed by atoms with van der Waals surface area (Å²) in [6.07, 6.45) is 3.64. The van der Waals surface area contributed by atoms with E-state index < -0.39 is 0 Å². The number of pyridine rings is 1. The summed E-state index contributed by atoms with van der Waals surface area (Å²) >= 11 is 0. The van der Waals surface area contributed by atoms with E-state index in [0.29, 0.717) is 41.6 Å². The number of hydrogen-bond acceptors (Lipinski definition) is 5. The number of nitriles is 2. The maximum atomic E-state index is 14.1. The predicted molar refractivity (Wildman–Crippen MR) is 93.6 cm³/mol. The molecule has 1 atom stereocenters. The van der Waals surface area contributed by atoms with Crippen LogP contribution in [0.2, 0.25) is 0 Å². The average Bonchev–Trinajstić information content (AvgIpc) is 2.68. The molecule has 1 saturated heterocycles. The first-order chi connectivity index (χ1) is 12.7. The second kappa shape index (κ2) is 8.42. The van der Waals surface area contributed by atoms with Gasteiger partial charge in [0.2, 0.25) is 5.88 Å². The number of aromatic nitrogens is 1. The minimum absolute atomic E-state index is 0.331. The minimum atomic E-state index is -0.333. The molecule has 0 saturated carbocycles. The van der Waals surface area contributed by atoms with Gasteiger partial charge in [0.15, 0.2) is 0 Å². The predicted octanol–water partition coefficient (Wildman–Crippen LogP) is 3.26. The number of hydrogen-bond donors (Lipinski definition) is 0. The van der Waals surface area contributed by atoms with Gasteiger partial charge >= 0.3 is 0 Å². The molecule has 6 heteroatoms. The second-order valence-electron chi connectivity index (χ2n) is 6.47. The van der Waals surface area contributed by atoms with Crippen molar-refractivity contribution < 1.29 is 9.13 Å². The number of likely N-dealkylation sites (tertiary alicyclic amines) is 1. The molecular weight excluding hydrogens is 331 g/mol. The molecule has 0 radical (unpaired) electrons. The summed E-state index contributed by atoms with van der Waals surface area (Å²) in [5, 5.41) is 17.8. The normalized spacial score (nSPS) is 17.3. The first-order valence-corrected chi connectivity index (χ1v) is 8.58. The van der Waals surface area contributed by atoms with Crippen molar-refractivity contribution in [2.75, 3.05) is 19.7 Å². The summed E-state index contributed by atoms with van der Waals surface area (Å²) < 4.78 is 19.8. The third-order valence-corrected chi connectivity index (χ3v) is 4.51. The molecule has 1 aliphatic rings. The molecule has 2 aromatic rings. The molecule has 26 heavy (non-hydrogen) atoms. The van der Waals surface area contributed by atoms with Crippen molar-refractivity contribution in [3.05, 3.63) is 59.0 Å². The summed E-state index contributed by atoms with van der Waals surface area (Å²) in [4.78, 5) is 6.33. The molecule has 1 aromatic carbocycles. The van der Waals surface area contributed by atoms with E-state index in [2.05, 4.69) is 16.0 Å². The fraction of sp³-hybridized carbons (Fsp3) is 0.350. The van der Waals surface area contributed by atoms with Crippen LogP contribution < -0.4 is 4.74 Å². The Hall–Kier alpha value is -2.96. The zero-order chi connectivity index (χ0) is 18.4. The zero-order valence-electron chi connectivity index (χ0n) is 14.4. The lowest BCUT2D eigenvalue weighted by Gasteiger charge is -2.32. The lowest BCUT2D eigenvalue weighted by molar-refractivity contribution is 0.122. The number of halogens is 1. The van der Waals surface area contributed by atoms with Crippen LogP contribution in [0.25, 0.3) is 0 Å². The number of piperidine rings is 1. The maximum absolute atomic E-state index is 14.1. The number of benzene rings is 1. The van der Waals surface area contributed by atoms with Gasteiger partial charge in [0.1, 0.15) is 5.82 Å². The number of rotatable bonds is 5. The second-order valence-corrected chi connectivity index (χ2v) is 6.47. The van der Waals surface area contributed by atoms with E-state index in [1.807, 2.05) is 6.07 Å². The quantitative estimate of drug-likeness (QED) is 0.827. The SMILES string of the molecule is N#Cc1ccnc(OCC2CCCN(Cc3ccc(C#N)cc3F)C2)c1. The Balaban J connectivity index is 1.56. The monoisotopic (exact) mass is 350 g/mol. The summed E-state index contributed by atoms with van der Waals surface area (Å²) in [6.45, 7) is 2.78. The molecule has 0 N–H and O–H groups in total. The lowest BCUT2D eigenvalue weighted by Crippen LogP contribution is -2.37. The number of nitrogens with zero attached hydrogens (tertiary/aromatic N) is 4. The van der Waals surface area contributed by atoms with Crippen molar-refractivity contribution in [1.29, 1.82) is 10.5 Å². The fourth-order valence-electron chi connectivity index (χ4n) is 3.18. The summed E-state index contributed by atoms with van der Waals surface area (Å²) in [7, 11) is 0. The van der Waals surface area contributed by atoms with Crippen LogP contribution in [0.15, 0.2) is 36.5 Å². The topological polar surface area (TPSA) is 72.9 Å². The molecular formula is C20H19FN4O. The van der Waals surface area contributed by atoms with Gasteiger partial charge in [-0.15, -0.1) is 0 Å². The molecule has 1 aliphatic heterocycles. The third-order valence-electron chi connectivity index (χ3n) is 4.51. The van der Waals surface area contributed by atoms with E-state index in [1.54, 1.807) is 30.5 Å². The van der Waals surface area contributed by atoms with Crippen molar-refractivity contribution in [3.63, 3.8) is 0 Å². The highest BCUT2D eigenvalue weighted by Gasteiger charge is 2.21. The Morgan fingerprint density at radius 2 is 2.00 bits per heavy atom. The third kappa shape index (κ3) is 4.56. The van der Waals surface area contributed by atoms with Crippen LogP contribution in [-0.2, 0) is 6.54 Å². The maximum Gasteiger partial charge on any atom is 0.214 e. The molecule has 5 nitrogen and oxygen atoms in total. The van der Waals surface area contributed by atoms with Crippen molar-refractivity contribution in [2.45, 2.75) is 19.4 Å². The molecule has 3 rings (SSSR count). The van der Waals surface area contributed by atoms with Gasteiger partial charge in [-0.25, -0.2) is 9.37 Å². The first-order valence-electron chi connectivity index (χ1n) is 8.58. The standard InChI is InChI=1S/C20H19FN4O/c21-19-8-15(10-22)3-4-18(19)13-25-7-1-2-17(12-25)14-26-20-9-16(11-23)5-6-24-20/h3-6,8-9,17H,1-2,7,12-14H2. The molecule has 0 spiro atoms. The zero-order valence-corrected chi connectivity index (χ0v) is 14.4. The van der Waals surface area contributed by atoms with Crippen molar-refractivity contribution >= 4 is 0 Å². The lowest BCUT2D eigenvalue weighted by atomic mass is 9.98. The summed E-state index contributed by atoms with van der Waals surface area (Å²) in [6, 6.07) is 11.9. The number of ether oxygens (including phenoxy) is 1. The first kappa shape index (κ1) is 17.8. The van der Waals surface area contributed by atoms with E-state index in [0.717, 1.165) is 25.9 Å². The van der Waals surface area contributed by atoms with Crippen LogP contribution in [0.3, 0.4) is 0 Å². The minimum Gasteiger partial charge on any atom is -0.477 e. The van der Waals surface area contributed by atoms with Crippen LogP contribution >= 0.6 is 0 Å². The van der Waals surface area contributed by atoms with Gasteiger partial charge in [-0.1, -0.05) is 6.07 Å². The van der Waals surface area contributed by atoms with Gasteiger partial charge in [-0.05, 0) is 37.6 Å². The van der Waals surface area contributed by atoms with E-state index in [-0.39, 0.29) is 5.82 Å². The van der Waals surface area contributed by atoms with Gasteiger partial charge < -0.3 is 4.74 Å². The van der Waals surface area contributed by atoms with Crippen molar-refractivity contribution in [2.24, 2.45) is 5.92 Å². The van der Waals surface area contributed by atoms with Gasteiger partial charge in [-0.3, -0.25) is 4.90 Å². The fourth-order valence-corrected chi connectivity index (χ4v) is 3.18. The van der Waals surface area contributed by atoms with Crippen LogP contribution in [-0.4, -0.2) is 29.6 Å². The Morgan fingerprint density at radius 3 is 2.77 bits per heavy atom. The molecule has 1 aromatic heterocycles. The van der Waals surface area contributed by atoms with Crippen molar-refractivity contribution in [1.82, 2.24) is 9.88 Å². The molecule has 2 heterocycles. The van der Waals surface area contributed by atoms with E-state index in [4.69, 9.17) is 15.3 Å². The van der Waals surface area contributed by atoms with E-state index in [1.165, 1.54) is 6.07 Å². The highest BCUT2D eigenvalue weighted by molar-refractivity contribution is 5.33. The largest absolute Gasteiger partial charge is 0.477 e. The van der Waals surface area contributed by atoms with Crippen molar-refractivity contribution in [3.8, 4) is 18.0 Å². The van der Waals surface area contributed by atoms with Gasteiger partial charge in [0.05, 0.1) is 29.9 Å². The molecule has 1 fully saturated rings. The smallest absolute Gasteiger partial charge is 0.214 e. The Morgan fingerprint density at radius 1 is 1.19 bits per heavy atom. The van der Waals surface area contributed by atoms with E-state index >= 15 is 0 Å². The van der Waals surface area contributed by atoms with Gasteiger partial charge in [-0.2, -0.15) is 10.5 Å². The Bertz CT molecular complexity index is 856.